The molecule has 1 aromatic rings. The second-order valence-corrected chi connectivity index (χ2v) is 5.17. The first-order valence-electron chi connectivity index (χ1n) is 6.28. The Morgan fingerprint density at radius 3 is 3.06 bits per heavy atom. The fourth-order valence-electron chi connectivity index (χ4n) is 2.48. The molecule has 2 heterocycles. The molecule has 5 nitrogen and oxygen atoms in total. The Morgan fingerprint density at radius 2 is 2.41 bits per heavy atom. The van der Waals surface area contributed by atoms with Crippen LogP contribution in [0, 0.1) is 5.92 Å². The number of hydrogen-bond donors (Lipinski definition) is 0. The summed E-state index contributed by atoms with van der Waals surface area (Å²) in [4.78, 5) is 13.1. The van der Waals surface area contributed by atoms with Crippen LogP contribution in [0.2, 0.25) is 0 Å². The molecule has 1 unspecified atom stereocenters. The van der Waals surface area contributed by atoms with E-state index < -0.39 is 0 Å². The van der Waals surface area contributed by atoms with Crippen molar-refractivity contribution >= 4 is 6.29 Å². The molecule has 0 spiro atoms. The van der Waals surface area contributed by atoms with Crippen LogP contribution in [0.4, 0.5) is 0 Å². The summed E-state index contributed by atoms with van der Waals surface area (Å²) in [7, 11) is 0. The van der Waals surface area contributed by atoms with E-state index in [1.54, 1.807) is 10.9 Å². The molecule has 5 heteroatoms. The third-order valence-electron chi connectivity index (χ3n) is 3.17. The Morgan fingerprint density at radius 1 is 1.59 bits per heavy atom. The van der Waals surface area contributed by atoms with E-state index in [9.17, 15) is 4.79 Å². The van der Waals surface area contributed by atoms with Crippen LogP contribution >= 0.6 is 0 Å². The van der Waals surface area contributed by atoms with Gasteiger partial charge >= 0.3 is 0 Å². The van der Waals surface area contributed by atoms with Gasteiger partial charge in [0.15, 0.2) is 6.29 Å². The Bertz CT molecular complexity index is 374. The number of likely N-dealkylation sites (tertiary alicyclic amines) is 1. The number of rotatable bonds is 5. The summed E-state index contributed by atoms with van der Waals surface area (Å²) in [5.74, 6) is 0.692. The van der Waals surface area contributed by atoms with E-state index in [1.165, 1.54) is 19.4 Å². The van der Waals surface area contributed by atoms with E-state index in [1.807, 2.05) is 0 Å². The van der Waals surface area contributed by atoms with Crippen LogP contribution in [0.5, 0.6) is 0 Å². The van der Waals surface area contributed by atoms with Crippen LogP contribution in [0.1, 0.15) is 37.2 Å². The molecule has 1 atom stereocenters. The SMILES string of the molecule is CC(C)CN1CCCC1Cn1cc(C=O)nn1. The molecule has 0 bridgehead atoms. The molecular formula is C12H20N4O. The van der Waals surface area contributed by atoms with Gasteiger partial charge in [-0.2, -0.15) is 0 Å². The van der Waals surface area contributed by atoms with Gasteiger partial charge in [-0.15, -0.1) is 5.10 Å². The lowest BCUT2D eigenvalue weighted by Crippen LogP contribution is -2.35. The second kappa shape index (κ2) is 5.40. The number of carbonyl (C=O) groups is 1. The zero-order valence-electron chi connectivity index (χ0n) is 10.5. The molecule has 17 heavy (non-hydrogen) atoms. The Kier molecular flexibility index (Phi) is 3.89. The van der Waals surface area contributed by atoms with Crippen LogP contribution < -0.4 is 0 Å². The van der Waals surface area contributed by atoms with E-state index >= 15 is 0 Å². The van der Waals surface area contributed by atoms with Crippen LogP contribution in [0.3, 0.4) is 0 Å². The van der Waals surface area contributed by atoms with E-state index in [0.29, 0.717) is 17.7 Å². The van der Waals surface area contributed by atoms with Crippen molar-refractivity contribution < 1.29 is 4.79 Å². The molecule has 1 aliphatic rings. The van der Waals surface area contributed by atoms with Crippen molar-refractivity contribution in [1.29, 1.82) is 0 Å². The number of aldehydes is 1. The minimum Gasteiger partial charge on any atom is -0.298 e. The van der Waals surface area contributed by atoms with E-state index in [-0.39, 0.29) is 0 Å². The summed E-state index contributed by atoms with van der Waals surface area (Å²) >= 11 is 0. The highest BCUT2D eigenvalue weighted by atomic mass is 16.1. The molecule has 94 valence electrons. The average Bonchev–Trinajstić information content (AvgIpc) is 2.89. The fourth-order valence-corrected chi connectivity index (χ4v) is 2.48. The van der Waals surface area contributed by atoms with Gasteiger partial charge in [0.2, 0.25) is 0 Å². The third kappa shape index (κ3) is 3.12. The van der Waals surface area contributed by atoms with Crippen molar-refractivity contribution in [3.05, 3.63) is 11.9 Å². The summed E-state index contributed by atoms with van der Waals surface area (Å²) in [6, 6.07) is 0.540. The van der Waals surface area contributed by atoms with Gasteiger partial charge < -0.3 is 0 Å². The van der Waals surface area contributed by atoms with Gasteiger partial charge in [0, 0.05) is 12.6 Å². The van der Waals surface area contributed by atoms with Gasteiger partial charge in [-0.1, -0.05) is 19.1 Å². The van der Waals surface area contributed by atoms with Crippen molar-refractivity contribution in [1.82, 2.24) is 19.9 Å². The summed E-state index contributed by atoms with van der Waals surface area (Å²) in [6.45, 7) is 7.65. The lowest BCUT2D eigenvalue weighted by atomic mass is 10.1. The molecule has 1 saturated heterocycles. The predicted octanol–water partition coefficient (Wildman–Crippen LogP) is 1.21. The van der Waals surface area contributed by atoms with Gasteiger partial charge in [0.25, 0.3) is 0 Å². The van der Waals surface area contributed by atoms with Gasteiger partial charge in [-0.25, -0.2) is 0 Å². The molecule has 0 radical (unpaired) electrons. The molecule has 0 amide bonds. The van der Waals surface area contributed by atoms with Crippen molar-refractivity contribution in [3.8, 4) is 0 Å². The highest BCUT2D eigenvalue weighted by molar-refractivity contribution is 5.70. The van der Waals surface area contributed by atoms with Gasteiger partial charge in [0.1, 0.15) is 5.69 Å². The van der Waals surface area contributed by atoms with Crippen LogP contribution in [0.25, 0.3) is 0 Å². The lowest BCUT2D eigenvalue weighted by Gasteiger charge is -2.25. The summed E-state index contributed by atoms with van der Waals surface area (Å²) in [5, 5.41) is 7.76. The van der Waals surface area contributed by atoms with Crippen molar-refractivity contribution in [2.75, 3.05) is 13.1 Å². The first kappa shape index (κ1) is 12.2. The molecule has 0 aromatic carbocycles. The molecule has 1 fully saturated rings. The highest BCUT2D eigenvalue weighted by Crippen LogP contribution is 2.19. The van der Waals surface area contributed by atoms with Crippen molar-refractivity contribution in [2.45, 2.75) is 39.3 Å². The fraction of sp³-hybridized carbons (Fsp3) is 0.750. The number of aromatic nitrogens is 3. The number of hydrogen-bond acceptors (Lipinski definition) is 4. The minimum absolute atomic E-state index is 0.415. The number of carbonyl (C=O) groups excluding carboxylic acids is 1. The van der Waals surface area contributed by atoms with Crippen molar-refractivity contribution in [3.63, 3.8) is 0 Å². The standard InChI is InChI=1S/C12H20N4O/c1-10(2)6-15-5-3-4-12(15)8-16-7-11(9-17)13-14-16/h7,9-10,12H,3-6,8H2,1-2H3. The van der Waals surface area contributed by atoms with E-state index in [0.717, 1.165) is 19.4 Å². The van der Waals surface area contributed by atoms with Crippen molar-refractivity contribution in [2.24, 2.45) is 5.92 Å². The van der Waals surface area contributed by atoms with Gasteiger partial charge in [-0.3, -0.25) is 14.4 Å². The third-order valence-corrected chi connectivity index (χ3v) is 3.17. The summed E-state index contributed by atoms with van der Waals surface area (Å²) in [6.07, 6.45) is 4.93. The zero-order chi connectivity index (χ0) is 12.3. The Hall–Kier alpha value is -1.23. The lowest BCUT2D eigenvalue weighted by molar-refractivity contribution is 0.111. The highest BCUT2D eigenvalue weighted by Gasteiger charge is 2.25. The molecular weight excluding hydrogens is 216 g/mol. The first-order valence-corrected chi connectivity index (χ1v) is 6.28. The van der Waals surface area contributed by atoms with Crippen LogP contribution in [-0.4, -0.2) is 45.3 Å². The van der Waals surface area contributed by atoms with Gasteiger partial charge in [0.05, 0.1) is 12.7 Å². The van der Waals surface area contributed by atoms with Gasteiger partial charge in [-0.05, 0) is 25.3 Å². The van der Waals surface area contributed by atoms with E-state index in [2.05, 4.69) is 29.1 Å². The maximum atomic E-state index is 10.5. The maximum Gasteiger partial charge on any atom is 0.171 e. The Labute approximate surface area is 102 Å². The van der Waals surface area contributed by atoms with Crippen LogP contribution in [-0.2, 0) is 6.54 Å². The molecule has 0 saturated carbocycles. The Balaban J connectivity index is 1.95. The quantitative estimate of drug-likeness (QED) is 0.721. The predicted molar refractivity (Wildman–Crippen MR) is 64.8 cm³/mol. The largest absolute Gasteiger partial charge is 0.298 e. The topological polar surface area (TPSA) is 51.0 Å². The first-order chi connectivity index (χ1) is 8.19. The molecule has 1 aliphatic heterocycles. The van der Waals surface area contributed by atoms with Crippen LogP contribution in [0.15, 0.2) is 6.20 Å². The monoisotopic (exact) mass is 236 g/mol. The minimum atomic E-state index is 0.415. The smallest absolute Gasteiger partial charge is 0.171 e. The average molecular weight is 236 g/mol. The summed E-state index contributed by atoms with van der Waals surface area (Å²) < 4.78 is 1.78. The molecule has 0 N–H and O–H groups in total. The molecule has 2 rings (SSSR count). The normalized spacial score (nSPS) is 21.2. The second-order valence-electron chi connectivity index (χ2n) is 5.17. The maximum absolute atomic E-state index is 10.5. The summed E-state index contributed by atoms with van der Waals surface area (Å²) in [5.41, 5.74) is 0.415. The molecule has 0 aliphatic carbocycles. The molecule has 1 aromatic heterocycles. The van der Waals surface area contributed by atoms with E-state index in [4.69, 9.17) is 0 Å². The number of nitrogens with zero attached hydrogens (tertiary/aromatic N) is 4. The zero-order valence-corrected chi connectivity index (χ0v) is 10.5.